The van der Waals surface area contributed by atoms with Crippen molar-refractivity contribution in [1.29, 1.82) is 0 Å². The molecule has 1 heterocycles. The van der Waals surface area contributed by atoms with Crippen LogP contribution in [0.15, 0.2) is 83.9 Å². The first-order valence-electron chi connectivity index (χ1n) is 11.0. The Bertz CT molecular complexity index is 1460. The Kier molecular flexibility index (Phi) is 6.98. The average molecular weight is 514 g/mol. The van der Waals surface area contributed by atoms with Crippen LogP contribution in [0.1, 0.15) is 18.1 Å². The van der Waals surface area contributed by atoms with Gasteiger partial charge in [-0.1, -0.05) is 43.3 Å². The highest BCUT2D eigenvalue weighted by atomic mass is 32.2. The maximum absolute atomic E-state index is 12.8. The summed E-state index contributed by atoms with van der Waals surface area (Å²) in [6.07, 6.45) is -2.65. The molecule has 1 aromatic heterocycles. The Hall–Kier alpha value is -3.92. The van der Waals surface area contributed by atoms with E-state index in [9.17, 15) is 26.4 Å². The molecule has 0 radical (unpaired) electrons. The molecule has 4 rings (SSSR count). The summed E-state index contributed by atoms with van der Waals surface area (Å²) in [5, 5.41) is 2.80. The van der Waals surface area contributed by atoms with Gasteiger partial charge in [-0.3, -0.25) is 4.79 Å². The topological polar surface area (TPSA) is 91.9 Å². The zero-order valence-electron chi connectivity index (χ0n) is 19.1. The Morgan fingerprint density at radius 2 is 1.53 bits per heavy atom. The molecule has 0 fully saturated rings. The fourth-order valence-corrected chi connectivity index (χ4v) is 4.41. The SMILES string of the molecule is CCS(=O)(=O)c1ccc(CC(=O)Nc2ccc(-c3c[nH]c(-c4ccc(C(F)(F)F)cc4)n3)cc2)cc1. The molecule has 0 aliphatic carbocycles. The molecule has 0 unspecified atom stereocenters. The summed E-state index contributed by atoms with van der Waals surface area (Å²) in [7, 11) is -3.29. The first-order chi connectivity index (χ1) is 17.0. The van der Waals surface area contributed by atoms with Gasteiger partial charge in [0.2, 0.25) is 5.91 Å². The van der Waals surface area contributed by atoms with Crippen LogP contribution in [0.4, 0.5) is 18.9 Å². The van der Waals surface area contributed by atoms with E-state index in [4.69, 9.17) is 0 Å². The lowest BCUT2D eigenvalue weighted by Gasteiger charge is -2.07. The number of hydrogen-bond donors (Lipinski definition) is 2. The summed E-state index contributed by atoms with van der Waals surface area (Å²) >= 11 is 0. The lowest BCUT2D eigenvalue weighted by molar-refractivity contribution is -0.137. The monoisotopic (exact) mass is 513 g/mol. The van der Waals surface area contributed by atoms with Gasteiger partial charge in [0.1, 0.15) is 5.82 Å². The third-order valence-corrected chi connectivity index (χ3v) is 7.31. The second kappa shape index (κ2) is 9.98. The summed E-state index contributed by atoms with van der Waals surface area (Å²) in [6.45, 7) is 1.58. The van der Waals surface area contributed by atoms with E-state index in [1.54, 1.807) is 49.5 Å². The van der Waals surface area contributed by atoms with E-state index in [1.165, 1.54) is 24.3 Å². The van der Waals surface area contributed by atoms with Crippen molar-refractivity contribution < 1.29 is 26.4 Å². The van der Waals surface area contributed by atoms with Gasteiger partial charge in [-0.2, -0.15) is 13.2 Å². The summed E-state index contributed by atoms with van der Waals surface area (Å²) in [5.74, 6) is 0.198. The Morgan fingerprint density at radius 3 is 2.11 bits per heavy atom. The fourth-order valence-electron chi connectivity index (χ4n) is 3.53. The molecule has 0 atom stereocenters. The molecule has 0 aliphatic heterocycles. The minimum atomic E-state index is -4.40. The second-order valence-electron chi connectivity index (χ2n) is 8.06. The van der Waals surface area contributed by atoms with Crippen molar-refractivity contribution in [2.24, 2.45) is 0 Å². The first kappa shape index (κ1) is 25.2. The number of aromatic amines is 1. The number of carbonyl (C=O) groups is 1. The van der Waals surface area contributed by atoms with Crippen molar-refractivity contribution in [3.05, 3.63) is 90.1 Å². The number of benzene rings is 3. The minimum absolute atomic E-state index is 0.0114. The van der Waals surface area contributed by atoms with Crippen LogP contribution in [0.3, 0.4) is 0 Å². The normalized spacial score (nSPS) is 11.9. The number of nitrogens with one attached hydrogen (secondary N) is 2. The maximum Gasteiger partial charge on any atom is 0.416 e. The zero-order chi connectivity index (χ0) is 25.9. The Morgan fingerprint density at radius 1 is 0.917 bits per heavy atom. The molecule has 0 aliphatic rings. The van der Waals surface area contributed by atoms with Crippen molar-refractivity contribution in [3.63, 3.8) is 0 Å². The van der Waals surface area contributed by atoms with Crippen LogP contribution in [0.25, 0.3) is 22.6 Å². The molecule has 10 heteroatoms. The van der Waals surface area contributed by atoms with Crippen LogP contribution in [-0.4, -0.2) is 30.0 Å². The van der Waals surface area contributed by atoms with Gasteiger partial charge >= 0.3 is 6.18 Å². The average Bonchev–Trinajstić information content (AvgIpc) is 3.35. The standard InChI is InChI=1S/C26H22F3N3O3S/c1-2-36(34,35)22-13-3-17(4-14-22)15-24(33)31-21-11-7-18(8-12-21)23-16-30-25(32-23)19-5-9-20(10-6-19)26(27,28)29/h3-14,16H,2,15H2,1H3,(H,30,32)(H,31,33). The van der Waals surface area contributed by atoms with Crippen LogP contribution in [0.2, 0.25) is 0 Å². The highest BCUT2D eigenvalue weighted by molar-refractivity contribution is 7.91. The number of rotatable bonds is 7. The Balaban J connectivity index is 1.38. The molecule has 186 valence electrons. The quantitative estimate of drug-likeness (QED) is 0.330. The molecule has 0 saturated heterocycles. The van der Waals surface area contributed by atoms with Gasteiger partial charge in [0.25, 0.3) is 0 Å². The maximum atomic E-state index is 12.8. The third kappa shape index (κ3) is 5.83. The van der Waals surface area contributed by atoms with Gasteiger partial charge in [-0.05, 0) is 42.0 Å². The lowest BCUT2D eigenvalue weighted by atomic mass is 10.1. The number of amides is 1. The number of alkyl halides is 3. The van der Waals surface area contributed by atoms with Crippen LogP contribution >= 0.6 is 0 Å². The summed E-state index contributed by atoms with van der Waals surface area (Å²) in [5.41, 5.74) is 2.43. The molecule has 36 heavy (non-hydrogen) atoms. The molecule has 3 aromatic carbocycles. The van der Waals surface area contributed by atoms with Gasteiger partial charge in [-0.25, -0.2) is 13.4 Å². The largest absolute Gasteiger partial charge is 0.416 e. The van der Waals surface area contributed by atoms with Crippen LogP contribution in [-0.2, 0) is 27.2 Å². The number of imidazole rings is 1. The number of sulfone groups is 1. The molecular weight excluding hydrogens is 491 g/mol. The molecule has 2 N–H and O–H groups in total. The Labute approximate surface area is 206 Å². The number of H-pyrrole nitrogens is 1. The number of anilines is 1. The van der Waals surface area contributed by atoms with Crippen molar-refractivity contribution >= 4 is 21.4 Å². The molecule has 6 nitrogen and oxygen atoms in total. The van der Waals surface area contributed by atoms with Crippen molar-refractivity contribution in [3.8, 4) is 22.6 Å². The van der Waals surface area contributed by atoms with E-state index in [0.717, 1.165) is 17.7 Å². The molecule has 1 amide bonds. The number of aromatic nitrogens is 2. The van der Waals surface area contributed by atoms with Crippen molar-refractivity contribution in [2.75, 3.05) is 11.1 Å². The summed E-state index contributed by atoms with van der Waals surface area (Å²) < 4.78 is 62.1. The highest BCUT2D eigenvalue weighted by Gasteiger charge is 2.30. The molecule has 0 bridgehead atoms. The van der Waals surface area contributed by atoms with E-state index >= 15 is 0 Å². The van der Waals surface area contributed by atoms with Gasteiger partial charge < -0.3 is 10.3 Å². The van der Waals surface area contributed by atoms with Gasteiger partial charge in [0, 0.05) is 23.0 Å². The predicted octanol–water partition coefficient (Wildman–Crippen LogP) is 5.74. The van der Waals surface area contributed by atoms with Crippen LogP contribution in [0, 0.1) is 0 Å². The van der Waals surface area contributed by atoms with Gasteiger partial charge in [0.05, 0.1) is 28.3 Å². The highest BCUT2D eigenvalue weighted by Crippen LogP contribution is 2.31. The van der Waals surface area contributed by atoms with E-state index in [0.29, 0.717) is 28.3 Å². The number of halogens is 3. The summed E-state index contributed by atoms with van der Waals surface area (Å²) in [4.78, 5) is 20.1. The van der Waals surface area contributed by atoms with E-state index < -0.39 is 21.6 Å². The molecule has 4 aromatic rings. The number of nitrogens with zero attached hydrogens (tertiary/aromatic N) is 1. The molecule has 0 spiro atoms. The number of hydrogen-bond acceptors (Lipinski definition) is 4. The third-order valence-electron chi connectivity index (χ3n) is 5.56. The zero-order valence-corrected chi connectivity index (χ0v) is 20.0. The minimum Gasteiger partial charge on any atom is -0.344 e. The first-order valence-corrected chi connectivity index (χ1v) is 12.7. The van der Waals surface area contributed by atoms with Crippen LogP contribution < -0.4 is 5.32 Å². The van der Waals surface area contributed by atoms with Crippen LogP contribution in [0.5, 0.6) is 0 Å². The summed E-state index contributed by atoms with van der Waals surface area (Å²) in [6, 6.07) is 18.0. The second-order valence-corrected chi connectivity index (χ2v) is 10.3. The van der Waals surface area contributed by atoms with E-state index in [1.807, 2.05) is 0 Å². The van der Waals surface area contributed by atoms with Gasteiger partial charge in [-0.15, -0.1) is 0 Å². The predicted molar refractivity (Wildman–Crippen MR) is 131 cm³/mol. The van der Waals surface area contributed by atoms with Gasteiger partial charge in [0.15, 0.2) is 9.84 Å². The fraction of sp³-hybridized carbons (Fsp3) is 0.154. The number of carbonyl (C=O) groups excluding carboxylic acids is 1. The van der Waals surface area contributed by atoms with Crippen molar-refractivity contribution in [1.82, 2.24) is 9.97 Å². The lowest BCUT2D eigenvalue weighted by Crippen LogP contribution is -2.14. The molecular formula is C26H22F3N3O3S. The van der Waals surface area contributed by atoms with Crippen molar-refractivity contribution in [2.45, 2.75) is 24.4 Å². The smallest absolute Gasteiger partial charge is 0.344 e. The van der Waals surface area contributed by atoms with E-state index in [2.05, 4.69) is 15.3 Å². The molecule has 0 saturated carbocycles. The van der Waals surface area contributed by atoms with E-state index in [-0.39, 0.29) is 23.0 Å².